The second kappa shape index (κ2) is 4.56. The van der Waals surface area contributed by atoms with Gasteiger partial charge >= 0.3 is 0 Å². The highest BCUT2D eigenvalue weighted by molar-refractivity contribution is 5.42. The molecule has 1 N–H and O–H groups in total. The predicted molar refractivity (Wildman–Crippen MR) is 74.6 cm³/mol. The molecule has 0 spiro atoms. The van der Waals surface area contributed by atoms with E-state index in [0.717, 1.165) is 11.1 Å². The van der Waals surface area contributed by atoms with Crippen molar-refractivity contribution < 1.29 is 9.84 Å². The highest BCUT2D eigenvalue weighted by atomic mass is 16.5. The lowest BCUT2D eigenvalue weighted by Gasteiger charge is -2.47. The van der Waals surface area contributed by atoms with Crippen molar-refractivity contribution in [3.63, 3.8) is 0 Å². The van der Waals surface area contributed by atoms with Crippen LogP contribution in [-0.2, 0) is 10.2 Å². The van der Waals surface area contributed by atoms with Gasteiger partial charge in [0.2, 0.25) is 0 Å². The van der Waals surface area contributed by atoms with E-state index >= 15 is 0 Å². The summed E-state index contributed by atoms with van der Waals surface area (Å²) in [6, 6.07) is 19.6. The highest BCUT2D eigenvalue weighted by Gasteiger charge is 2.51. The average Bonchev–Trinajstić information content (AvgIpc) is 2.48. The van der Waals surface area contributed by atoms with Gasteiger partial charge in [0, 0.05) is 0 Å². The van der Waals surface area contributed by atoms with E-state index in [1.165, 1.54) is 0 Å². The Kier molecular flexibility index (Phi) is 2.88. The number of aliphatic hydroxyl groups is 1. The lowest BCUT2D eigenvalue weighted by molar-refractivity contribution is -0.0598. The minimum atomic E-state index is -0.641. The summed E-state index contributed by atoms with van der Waals surface area (Å²) in [6.45, 7) is 4.42. The molecule has 1 aliphatic rings. The van der Waals surface area contributed by atoms with Gasteiger partial charge in [0.15, 0.2) is 0 Å². The van der Waals surface area contributed by atoms with E-state index < -0.39 is 11.5 Å². The molecule has 19 heavy (non-hydrogen) atoms. The van der Waals surface area contributed by atoms with Crippen molar-refractivity contribution in [2.75, 3.05) is 6.61 Å². The normalized spacial score (nSPS) is 23.3. The summed E-state index contributed by atoms with van der Waals surface area (Å²) in [6.07, 6.45) is -0.641. The van der Waals surface area contributed by atoms with Gasteiger partial charge in [-0.05, 0) is 11.1 Å². The molecule has 0 aromatic heterocycles. The van der Waals surface area contributed by atoms with E-state index in [0.29, 0.717) is 12.4 Å². The number of aliphatic hydroxyl groups excluding tert-OH is 1. The number of hydrogen-bond acceptors (Lipinski definition) is 2. The Hall–Kier alpha value is -2.06. The molecule has 1 fully saturated rings. The molecule has 3 rings (SSSR count). The van der Waals surface area contributed by atoms with Gasteiger partial charge in [-0.15, -0.1) is 0 Å². The fourth-order valence-electron chi connectivity index (χ4n) is 2.62. The van der Waals surface area contributed by atoms with Crippen LogP contribution >= 0.6 is 0 Å². The quantitative estimate of drug-likeness (QED) is 0.909. The zero-order valence-corrected chi connectivity index (χ0v) is 10.6. The van der Waals surface area contributed by atoms with Crippen molar-refractivity contribution in [1.82, 2.24) is 0 Å². The zero-order chi connectivity index (χ0) is 13.3. The minimum absolute atomic E-state index is 0.464. The van der Waals surface area contributed by atoms with Crippen LogP contribution in [0, 0.1) is 0 Å². The van der Waals surface area contributed by atoms with E-state index in [-0.39, 0.29) is 0 Å². The van der Waals surface area contributed by atoms with Crippen LogP contribution < -0.4 is 0 Å². The molecular weight excluding hydrogens is 236 g/mol. The summed E-state index contributed by atoms with van der Waals surface area (Å²) >= 11 is 0. The lowest BCUT2D eigenvalue weighted by Crippen LogP contribution is -2.48. The van der Waals surface area contributed by atoms with E-state index in [1.54, 1.807) is 0 Å². The third kappa shape index (κ3) is 1.76. The molecule has 1 saturated heterocycles. The van der Waals surface area contributed by atoms with Crippen LogP contribution in [0.1, 0.15) is 17.2 Å². The van der Waals surface area contributed by atoms with Gasteiger partial charge in [-0.2, -0.15) is 0 Å². The van der Waals surface area contributed by atoms with Crippen LogP contribution in [0.25, 0.3) is 0 Å². The zero-order valence-electron chi connectivity index (χ0n) is 10.6. The van der Waals surface area contributed by atoms with E-state index in [4.69, 9.17) is 4.74 Å². The maximum absolute atomic E-state index is 10.8. The first-order valence-electron chi connectivity index (χ1n) is 6.36. The maximum atomic E-state index is 10.8. The Bertz CT molecular complexity index is 577. The highest BCUT2D eigenvalue weighted by Crippen LogP contribution is 2.49. The number of ether oxygens (including phenoxy) is 1. The summed E-state index contributed by atoms with van der Waals surface area (Å²) in [5.74, 6) is 0.634. The molecule has 2 atom stereocenters. The smallest absolute Gasteiger partial charge is 0.116 e. The van der Waals surface area contributed by atoms with E-state index in [2.05, 4.69) is 6.58 Å². The molecular formula is C17H16O2. The lowest BCUT2D eigenvalue weighted by atomic mass is 9.69. The van der Waals surface area contributed by atoms with Gasteiger partial charge in [0.05, 0.1) is 6.10 Å². The van der Waals surface area contributed by atoms with Crippen molar-refractivity contribution in [3.05, 3.63) is 84.1 Å². The van der Waals surface area contributed by atoms with Gasteiger partial charge in [-0.25, -0.2) is 0 Å². The molecule has 0 bridgehead atoms. The summed E-state index contributed by atoms with van der Waals surface area (Å²) in [4.78, 5) is 0. The average molecular weight is 252 g/mol. The summed E-state index contributed by atoms with van der Waals surface area (Å²) < 4.78 is 5.39. The molecule has 96 valence electrons. The molecule has 2 nitrogen and oxygen atoms in total. The first kappa shape index (κ1) is 12.0. The topological polar surface area (TPSA) is 29.5 Å². The van der Waals surface area contributed by atoms with Crippen LogP contribution in [0.15, 0.2) is 73.0 Å². The van der Waals surface area contributed by atoms with Crippen LogP contribution in [0.4, 0.5) is 0 Å². The third-order valence-corrected chi connectivity index (χ3v) is 3.84. The largest absolute Gasteiger partial charge is 0.496 e. The third-order valence-electron chi connectivity index (χ3n) is 3.84. The molecule has 1 aliphatic heterocycles. The van der Waals surface area contributed by atoms with E-state index in [9.17, 15) is 5.11 Å². The van der Waals surface area contributed by atoms with Crippen molar-refractivity contribution in [2.24, 2.45) is 0 Å². The molecule has 0 saturated carbocycles. The Morgan fingerprint density at radius 1 is 1.00 bits per heavy atom. The summed E-state index contributed by atoms with van der Waals surface area (Å²) in [5.41, 5.74) is 1.40. The number of hydrogen-bond donors (Lipinski definition) is 1. The van der Waals surface area contributed by atoms with Gasteiger partial charge in [-0.1, -0.05) is 67.2 Å². The standard InChI is InChI=1S/C17H16O2/c1-13-17(12-19-13,15-10-6-3-7-11-15)16(18)14-8-4-2-5-9-14/h2-11,16,18H,1,12H2/t16-,17-/m0/s1. The molecule has 0 amide bonds. The summed E-state index contributed by atoms with van der Waals surface area (Å²) in [7, 11) is 0. The van der Waals surface area contributed by atoms with Crippen LogP contribution in [0.3, 0.4) is 0 Å². The van der Waals surface area contributed by atoms with Crippen molar-refractivity contribution >= 4 is 0 Å². The molecule has 1 heterocycles. The molecule has 2 heteroatoms. The van der Waals surface area contributed by atoms with Crippen molar-refractivity contribution in [2.45, 2.75) is 11.5 Å². The molecule has 2 aromatic rings. The van der Waals surface area contributed by atoms with Crippen LogP contribution in [0.5, 0.6) is 0 Å². The first-order valence-corrected chi connectivity index (χ1v) is 6.36. The Labute approximate surface area is 113 Å². The maximum Gasteiger partial charge on any atom is 0.116 e. The molecule has 0 aliphatic carbocycles. The second-order valence-electron chi connectivity index (χ2n) is 4.86. The fraction of sp³-hybridized carbons (Fsp3) is 0.176. The molecule has 2 aromatic carbocycles. The number of benzene rings is 2. The van der Waals surface area contributed by atoms with Crippen LogP contribution in [-0.4, -0.2) is 11.7 Å². The Morgan fingerprint density at radius 3 is 2.05 bits per heavy atom. The minimum Gasteiger partial charge on any atom is -0.496 e. The summed E-state index contributed by atoms with van der Waals surface area (Å²) in [5, 5.41) is 10.8. The van der Waals surface area contributed by atoms with Gasteiger partial charge < -0.3 is 9.84 Å². The van der Waals surface area contributed by atoms with Gasteiger partial charge in [0.1, 0.15) is 17.8 Å². The van der Waals surface area contributed by atoms with E-state index in [1.807, 2.05) is 60.7 Å². The SMILES string of the molecule is C=C1OC[C@]1(c1ccccc1)[C@@H](O)c1ccccc1. The fourth-order valence-corrected chi connectivity index (χ4v) is 2.62. The monoisotopic (exact) mass is 252 g/mol. The molecule has 0 unspecified atom stereocenters. The van der Waals surface area contributed by atoms with Gasteiger partial charge in [-0.3, -0.25) is 0 Å². The molecule has 0 radical (unpaired) electrons. The first-order chi connectivity index (χ1) is 9.25. The Morgan fingerprint density at radius 2 is 1.58 bits per heavy atom. The number of rotatable bonds is 3. The second-order valence-corrected chi connectivity index (χ2v) is 4.86. The predicted octanol–water partition coefficient (Wildman–Crippen LogP) is 3.20. The van der Waals surface area contributed by atoms with Crippen molar-refractivity contribution in [1.29, 1.82) is 0 Å². The van der Waals surface area contributed by atoms with Gasteiger partial charge in [0.25, 0.3) is 0 Å². The van der Waals surface area contributed by atoms with Crippen molar-refractivity contribution in [3.8, 4) is 0 Å². The van der Waals surface area contributed by atoms with Crippen LogP contribution in [0.2, 0.25) is 0 Å². The Balaban J connectivity index is 2.05.